The maximum absolute atomic E-state index is 12.6. The molecule has 134 valence electrons. The summed E-state index contributed by atoms with van der Waals surface area (Å²) in [6.45, 7) is 2.53. The van der Waals surface area contributed by atoms with Crippen LogP contribution in [-0.2, 0) is 17.9 Å². The minimum Gasteiger partial charge on any atom is -0.378 e. The normalized spacial score (nSPS) is 10.7. The van der Waals surface area contributed by atoms with E-state index in [4.69, 9.17) is 16.3 Å². The molecule has 0 atom stereocenters. The summed E-state index contributed by atoms with van der Waals surface area (Å²) in [6, 6.07) is 15.2. The van der Waals surface area contributed by atoms with Gasteiger partial charge in [-0.05, 0) is 30.7 Å². The smallest absolute Gasteiger partial charge is 0.274 e. The summed E-state index contributed by atoms with van der Waals surface area (Å²) in [5.74, 6) is -0.324. The van der Waals surface area contributed by atoms with E-state index in [0.717, 1.165) is 16.8 Å². The van der Waals surface area contributed by atoms with E-state index in [-0.39, 0.29) is 18.2 Å². The molecular weight excluding hydrogens is 352 g/mol. The zero-order valence-electron chi connectivity index (χ0n) is 14.6. The highest BCUT2D eigenvalue weighted by Crippen LogP contribution is 2.17. The average Bonchev–Trinajstić information content (AvgIpc) is 3.05. The van der Waals surface area contributed by atoms with Gasteiger partial charge in [0, 0.05) is 18.7 Å². The standard InChI is InChI=1S/C19H19ClN4O2/c1-13-7-9-15(10-8-13)24-17(12-26-2)18(22-23-24)19(25)21-11-14-5-3-4-6-16(14)20/h3-10H,11-12H2,1-2H3,(H,21,25). The van der Waals surface area contributed by atoms with Crippen molar-refractivity contribution in [3.05, 3.63) is 76.1 Å². The topological polar surface area (TPSA) is 69.0 Å². The van der Waals surface area contributed by atoms with Crippen molar-refractivity contribution in [3.8, 4) is 5.69 Å². The number of hydrogen-bond acceptors (Lipinski definition) is 4. The maximum Gasteiger partial charge on any atom is 0.274 e. The van der Waals surface area contributed by atoms with Gasteiger partial charge in [0.2, 0.25) is 0 Å². The number of methoxy groups -OCH3 is 1. The lowest BCUT2D eigenvalue weighted by molar-refractivity contribution is 0.0940. The van der Waals surface area contributed by atoms with Gasteiger partial charge >= 0.3 is 0 Å². The number of rotatable bonds is 6. The Morgan fingerprint density at radius 3 is 2.62 bits per heavy atom. The van der Waals surface area contributed by atoms with Crippen molar-refractivity contribution in [2.24, 2.45) is 0 Å². The summed E-state index contributed by atoms with van der Waals surface area (Å²) in [5, 5.41) is 11.6. The van der Waals surface area contributed by atoms with Crippen LogP contribution in [0.2, 0.25) is 5.02 Å². The molecule has 0 aliphatic rings. The van der Waals surface area contributed by atoms with Gasteiger partial charge in [-0.25, -0.2) is 4.68 Å². The van der Waals surface area contributed by atoms with Crippen molar-refractivity contribution in [2.45, 2.75) is 20.1 Å². The van der Waals surface area contributed by atoms with Crippen molar-refractivity contribution in [2.75, 3.05) is 7.11 Å². The van der Waals surface area contributed by atoms with Gasteiger partial charge in [0.05, 0.1) is 12.3 Å². The van der Waals surface area contributed by atoms with Gasteiger partial charge in [-0.1, -0.05) is 52.7 Å². The van der Waals surface area contributed by atoms with E-state index < -0.39 is 0 Å². The number of halogens is 1. The highest BCUT2D eigenvalue weighted by atomic mass is 35.5. The van der Waals surface area contributed by atoms with Crippen molar-refractivity contribution in [1.29, 1.82) is 0 Å². The van der Waals surface area contributed by atoms with Gasteiger partial charge in [0.15, 0.2) is 5.69 Å². The first kappa shape index (κ1) is 18.1. The molecule has 3 aromatic rings. The van der Waals surface area contributed by atoms with Crippen LogP contribution >= 0.6 is 11.6 Å². The second-order valence-electron chi connectivity index (χ2n) is 5.84. The lowest BCUT2D eigenvalue weighted by atomic mass is 10.2. The first-order valence-corrected chi connectivity index (χ1v) is 8.50. The monoisotopic (exact) mass is 370 g/mol. The second-order valence-corrected chi connectivity index (χ2v) is 6.25. The largest absolute Gasteiger partial charge is 0.378 e. The SMILES string of the molecule is COCc1c(C(=O)NCc2ccccc2Cl)nnn1-c1ccc(C)cc1. The third-order valence-corrected chi connectivity index (χ3v) is 4.30. The molecule has 1 heterocycles. The van der Waals surface area contributed by atoms with E-state index in [1.807, 2.05) is 49.4 Å². The highest BCUT2D eigenvalue weighted by molar-refractivity contribution is 6.31. The fourth-order valence-electron chi connectivity index (χ4n) is 2.54. The van der Waals surface area contributed by atoms with Crippen LogP contribution in [0.15, 0.2) is 48.5 Å². The van der Waals surface area contributed by atoms with E-state index in [1.54, 1.807) is 17.9 Å². The van der Waals surface area contributed by atoms with Crippen molar-refractivity contribution >= 4 is 17.5 Å². The summed E-state index contributed by atoms with van der Waals surface area (Å²) in [4.78, 5) is 12.6. The van der Waals surface area contributed by atoms with Crippen molar-refractivity contribution in [1.82, 2.24) is 20.3 Å². The molecule has 0 aliphatic carbocycles. The fraction of sp³-hybridized carbons (Fsp3) is 0.211. The molecule has 1 N–H and O–H groups in total. The van der Waals surface area contributed by atoms with Crippen LogP contribution < -0.4 is 5.32 Å². The second kappa shape index (κ2) is 8.12. The molecule has 0 fully saturated rings. The molecule has 1 amide bonds. The van der Waals surface area contributed by atoms with Crippen LogP contribution in [0.4, 0.5) is 0 Å². The van der Waals surface area contributed by atoms with E-state index in [2.05, 4.69) is 15.6 Å². The number of hydrogen-bond donors (Lipinski definition) is 1. The van der Waals surface area contributed by atoms with Gasteiger partial charge in [-0.15, -0.1) is 5.10 Å². The molecule has 0 bridgehead atoms. The van der Waals surface area contributed by atoms with Gasteiger partial charge < -0.3 is 10.1 Å². The third kappa shape index (κ3) is 3.92. The molecule has 6 nitrogen and oxygen atoms in total. The van der Waals surface area contributed by atoms with Gasteiger partial charge in [0.25, 0.3) is 5.91 Å². The molecule has 0 saturated carbocycles. The summed E-state index contributed by atoms with van der Waals surface area (Å²) >= 11 is 6.13. The Kier molecular flexibility index (Phi) is 5.65. The predicted molar refractivity (Wildman–Crippen MR) is 99.4 cm³/mol. The lowest BCUT2D eigenvalue weighted by Gasteiger charge is -2.09. The molecule has 0 unspecified atom stereocenters. The van der Waals surface area contributed by atoms with E-state index in [9.17, 15) is 4.79 Å². The van der Waals surface area contributed by atoms with Crippen LogP contribution in [0.25, 0.3) is 5.69 Å². The number of carbonyl (C=O) groups excluding carboxylic acids is 1. The Balaban J connectivity index is 1.84. The number of ether oxygens (including phenoxy) is 1. The Labute approximate surface area is 156 Å². The number of nitrogens with one attached hydrogen (secondary N) is 1. The fourth-order valence-corrected chi connectivity index (χ4v) is 2.74. The molecule has 0 aliphatic heterocycles. The van der Waals surface area contributed by atoms with Crippen LogP contribution in [0.3, 0.4) is 0 Å². The molecule has 0 radical (unpaired) electrons. The van der Waals surface area contributed by atoms with Gasteiger partial charge in [-0.3, -0.25) is 4.79 Å². The molecule has 26 heavy (non-hydrogen) atoms. The van der Waals surface area contributed by atoms with Crippen LogP contribution in [0.5, 0.6) is 0 Å². The molecule has 3 rings (SSSR count). The average molecular weight is 371 g/mol. The first-order valence-electron chi connectivity index (χ1n) is 8.12. The van der Waals surface area contributed by atoms with E-state index in [1.165, 1.54) is 0 Å². The Hall–Kier alpha value is -2.70. The Morgan fingerprint density at radius 2 is 1.92 bits per heavy atom. The molecular formula is C19H19ClN4O2. The number of aryl methyl sites for hydroxylation is 1. The summed E-state index contributed by atoms with van der Waals surface area (Å²) in [7, 11) is 1.57. The number of benzene rings is 2. The quantitative estimate of drug-likeness (QED) is 0.722. The minimum atomic E-state index is -0.324. The summed E-state index contributed by atoms with van der Waals surface area (Å²) in [6.07, 6.45) is 0. The number of amides is 1. The van der Waals surface area contributed by atoms with Crippen molar-refractivity contribution < 1.29 is 9.53 Å². The number of carbonyl (C=O) groups is 1. The van der Waals surface area contributed by atoms with Gasteiger partial charge in [0.1, 0.15) is 5.69 Å². The molecule has 2 aromatic carbocycles. The Morgan fingerprint density at radius 1 is 1.19 bits per heavy atom. The first-order chi connectivity index (χ1) is 12.6. The minimum absolute atomic E-state index is 0.218. The third-order valence-electron chi connectivity index (χ3n) is 3.94. The zero-order chi connectivity index (χ0) is 18.5. The van der Waals surface area contributed by atoms with Crippen LogP contribution in [-0.4, -0.2) is 28.0 Å². The lowest BCUT2D eigenvalue weighted by Crippen LogP contribution is -2.25. The Bertz CT molecular complexity index is 906. The number of nitrogens with zero attached hydrogens (tertiary/aromatic N) is 3. The summed E-state index contributed by atoms with van der Waals surface area (Å²) < 4.78 is 6.86. The van der Waals surface area contributed by atoms with Gasteiger partial charge in [-0.2, -0.15) is 0 Å². The molecule has 0 saturated heterocycles. The van der Waals surface area contributed by atoms with Crippen LogP contribution in [0.1, 0.15) is 27.3 Å². The zero-order valence-corrected chi connectivity index (χ0v) is 15.3. The van der Waals surface area contributed by atoms with E-state index >= 15 is 0 Å². The molecule has 1 aromatic heterocycles. The maximum atomic E-state index is 12.6. The van der Waals surface area contributed by atoms with Crippen LogP contribution in [0, 0.1) is 6.92 Å². The number of aromatic nitrogens is 3. The molecule has 0 spiro atoms. The predicted octanol–water partition coefficient (Wildman–Crippen LogP) is 3.31. The molecule has 7 heteroatoms. The summed E-state index contributed by atoms with van der Waals surface area (Å²) in [5.41, 5.74) is 3.62. The van der Waals surface area contributed by atoms with E-state index in [0.29, 0.717) is 17.3 Å². The van der Waals surface area contributed by atoms with Crippen molar-refractivity contribution in [3.63, 3.8) is 0 Å². The highest BCUT2D eigenvalue weighted by Gasteiger charge is 2.20.